The van der Waals surface area contributed by atoms with E-state index in [1.165, 1.54) is 0 Å². The first-order chi connectivity index (χ1) is 22.8. The topological polar surface area (TPSA) is 77.3 Å². The van der Waals surface area contributed by atoms with Crippen molar-refractivity contribution in [3.05, 3.63) is 158 Å². The van der Waals surface area contributed by atoms with Crippen LogP contribution in [0.3, 0.4) is 0 Å². The first kappa shape index (κ1) is 27.2. The lowest BCUT2D eigenvalue weighted by atomic mass is 10.0. The second-order valence-corrected chi connectivity index (χ2v) is 10.8. The lowest BCUT2D eigenvalue weighted by molar-refractivity contribution is 1.07. The van der Waals surface area contributed by atoms with Gasteiger partial charge in [0.1, 0.15) is 0 Å². The van der Waals surface area contributed by atoms with Crippen LogP contribution in [0, 0.1) is 0 Å². The second-order valence-electron chi connectivity index (χ2n) is 10.8. The summed E-state index contributed by atoms with van der Waals surface area (Å²) in [5.74, 6) is 3.58. The zero-order chi connectivity index (χ0) is 30.7. The van der Waals surface area contributed by atoms with E-state index in [1.54, 1.807) is 0 Å². The molecular weight excluding hydrogens is 564 g/mol. The Morgan fingerprint density at radius 3 is 1.11 bits per heavy atom. The molecule has 0 aliphatic carbocycles. The predicted molar refractivity (Wildman–Crippen MR) is 183 cm³/mol. The Morgan fingerprint density at radius 1 is 0.261 bits per heavy atom. The van der Waals surface area contributed by atoms with Gasteiger partial charge in [0, 0.05) is 33.4 Å². The van der Waals surface area contributed by atoms with E-state index >= 15 is 0 Å². The Balaban J connectivity index is 1.29. The quantitative estimate of drug-likeness (QED) is 0.192. The number of nitrogens with zero attached hydrogens (tertiary/aromatic N) is 6. The fourth-order valence-corrected chi connectivity index (χ4v) is 5.50. The van der Waals surface area contributed by atoms with Crippen molar-refractivity contribution in [3.8, 4) is 68.3 Å². The molecule has 0 bridgehead atoms. The van der Waals surface area contributed by atoms with Gasteiger partial charge in [0.05, 0.1) is 0 Å². The molecule has 2 heterocycles. The van der Waals surface area contributed by atoms with Gasteiger partial charge in [0.25, 0.3) is 0 Å². The Kier molecular flexibility index (Phi) is 7.05. The van der Waals surface area contributed by atoms with E-state index in [2.05, 4.69) is 24.3 Å². The van der Waals surface area contributed by atoms with Gasteiger partial charge in [-0.3, -0.25) is 0 Å². The SMILES string of the molecule is c1ccc(-c2nc(-c3ccccc3)nc(-c3cccc(-c4nc(-c5ccccc5)nc(-c5cccc6ccccc56)n4)c3)n2)cc1. The normalized spacial score (nSPS) is 11.0. The molecule has 0 fully saturated rings. The second kappa shape index (κ2) is 11.9. The van der Waals surface area contributed by atoms with E-state index in [0.29, 0.717) is 34.9 Å². The Bertz CT molecular complexity index is 2240. The lowest BCUT2D eigenvalue weighted by Crippen LogP contribution is -2.02. The van der Waals surface area contributed by atoms with Crippen molar-refractivity contribution in [1.29, 1.82) is 0 Å². The maximum Gasteiger partial charge on any atom is 0.164 e. The third-order valence-electron chi connectivity index (χ3n) is 7.78. The smallest absolute Gasteiger partial charge is 0.164 e. The summed E-state index contributed by atoms with van der Waals surface area (Å²) in [5, 5.41) is 2.21. The highest BCUT2D eigenvalue weighted by atomic mass is 15.0. The van der Waals surface area contributed by atoms with Crippen molar-refractivity contribution in [3.63, 3.8) is 0 Å². The van der Waals surface area contributed by atoms with Crippen LogP contribution in [0.2, 0.25) is 0 Å². The average Bonchev–Trinajstić information content (AvgIpc) is 3.15. The molecule has 0 unspecified atom stereocenters. The molecule has 0 spiro atoms. The highest BCUT2D eigenvalue weighted by molar-refractivity contribution is 5.95. The zero-order valence-electron chi connectivity index (χ0n) is 24.7. The van der Waals surface area contributed by atoms with Crippen LogP contribution in [0.15, 0.2) is 158 Å². The minimum absolute atomic E-state index is 0.569. The van der Waals surface area contributed by atoms with Crippen LogP contribution in [0.4, 0.5) is 0 Å². The molecule has 216 valence electrons. The van der Waals surface area contributed by atoms with E-state index < -0.39 is 0 Å². The predicted octanol–water partition coefficient (Wildman–Crippen LogP) is 9.21. The van der Waals surface area contributed by atoms with Gasteiger partial charge < -0.3 is 0 Å². The molecule has 0 radical (unpaired) electrons. The van der Waals surface area contributed by atoms with Gasteiger partial charge in [-0.25, -0.2) is 29.9 Å². The van der Waals surface area contributed by atoms with Gasteiger partial charge in [-0.1, -0.05) is 152 Å². The number of hydrogen-bond donors (Lipinski definition) is 0. The van der Waals surface area contributed by atoms with Crippen LogP contribution in [-0.2, 0) is 0 Å². The van der Waals surface area contributed by atoms with Gasteiger partial charge >= 0.3 is 0 Å². The summed E-state index contributed by atoms with van der Waals surface area (Å²) < 4.78 is 0. The Morgan fingerprint density at radius 2 is 0.609 bits per heavy atom. The molecule has 8 aromatic rings. The average molecular weight is 591 g/mol. The third kappa shape index (κ3) is 5.40. The minimum atomic E-state index is 0.569. The summed E-state index contributed by atoms with van der Waals surface area (Å²) in [5.41, 5.74) is 5.38. The molecule has 0 N–H and O–H groups in total. The van der Waals surface area contributed by atoms with Crippen LogP contribution >= 0.6 is 0 Å². The summed E-state index contributed by atoms with van der Waals surface area (Å²) in [6.07, 6.45) is 0. The van der Waals surface area contributed by atoms with Crippen molar-refractivity contribution in [2.45, 2.75) is 0 Å². The maximum absolute atomic E-state index is 5.04. The minimum Gasteiger partial charge on any atom is -0.208 e. The maximum atomic E-state index is 5.04. The van der Waals surface area contributed by atoms with Crippen LogP contribution < -0.4 is 0 Å². The lowest BCUT2D eigenvalue weighted by Gasteiger charge is -2.11. The van der Waals surface area contributed by atoms with E-state index in [9.17, 15) is 0 Å². The van der Waals surface area contributed by atoms with E-state index in [0.717, 1.165) is 44.2 Å². The van der Waals surface area contributed by atoms with Gasteiger partial charge in [-0.05, 0) is 16.8 Å². The summed E-state index contributed by atoms with van der Waals surface area (Å²) >= 11 is 0. The van der Waals surface area contributed by atoms with E-state index in [4.69, 9.17) is 29.9 Å². The molecular formula is C40H26N6. The van der Waals surface area contributed by atoms with Crippen molar-refractivity contribution >= 4 is 10.8 Å². The number of fused-ring (bicyclic) bond motifs is 1. The Labute approximate surface area is 266 Å². The fourth-order valence-electron chi connectivity index (χ4n) is 5.50. The van der Waals surface area contributed by atoms with Crippen molar-refractivity contribution in [1.82, 2.24) is 29.9 Å². The number of benzene rings is 6. The molecule has 2 aromatic heterocycles. The molecule has 0 atom stereocenters. The Hall–Kier alpha value is -6.40. The van der Waals surface area contributed by atoms with Gasteiger partial charge in [0.2, 0.25) is 0 Å². The summed E-state index contributed by atoms with van der Waals surface area (Å²) in [6, 6.07) is 52.5. The van der Waals surface area contributed by atoms with E-state index in [-0.39, 0.29) is 0 Å². The first-order valence-electron chi connectivity index (χ1n) is 15.1. The van der Waals surface area contributed by atoms with Crippen LogP contribution in [0.1, 0.15) is 0 Å². The molecule has 6 aromatic carbocycles. The number of hydrogen-bond acceptors (Lipinski definition) is 6. The third-order valence-corrected chi connectivity index (χ3v) is 7.78. The molecule has 0 amide bonds. The number of rotatable bonds is 6. The monoisotopic (exact) mass is 590 g/mol. The molecule has 0 aliphatic heterocycles. The highest BCUT2D eigenvalue weighted by Gasteiger charge is 2.16. The first-order valence-corrected chi connectivity index (χ1v) is 15.1. The van der Waals surface area contributed by atoms with Gasteiger partial charge in [-0.2, -0.15) is 0 Å². The fraction of sp³-hybridized carbons (Fsp3) is 0. The molecule has 6 nitrogen and oxygen atoms in total. The van der Waals surface area contributed by atoms with Crippen molar-refractivity contribution < 1.29 is 0 Å². The van der Waals surface area contributed by atoms with Gasteiger partial charge in [-0.15, -0.1) is 0 Å². The molecule has 8 rings (SSSR count). The molecule has 0 aliphatic rings. The standard InChI is InChI=1S/C40H26N6/c1-4-15-28(16-5-1)35-41-36(29-17-6-2-7-18-29)43-38(42-35)31-22-12-23-32(26-31)39-44-37(30-19-8-3-9-20-30)45-40(46-39)34-25-13-21-27-14-10-11-24-33(27)34/h1-26H. The molecule has 46 heavy (non-hydrogen) atoms. The largest absolute Gasteiger partial charge is 0.208 e. The van der Waals surface area contributed by atoms with Crippen LogP contribution in [0.5, 0.6) is 0 Å². The summed E-state index contributed by atoms with van der Waals surface area (Å²) in [6.45, 7) is 0. The number of aromatic nitrogens is 6. The van der Waals surface area contributed by atoms with Crippen molar-refractivity contribution in [2.24, 2.45) is 0 Å². The van der Waals surface area contributed by atoms with E-state index in [1.807, 2.05) is 133 Å². The molecule has 6 heteroatoms. The summed E-state index contributed by atoms with van der Waals surface area (Å²) in [7, 11) is 0. The molecule has 0 saturated heterocycles. The summed E-state index contributed by atoms with van der Waals surface area (Å²) in [4.78, 5) is 29.7. The zero-order valence-corrected chi connectivity index (χ0v) is 24.7. The van der Waals surface area contributed by atoms with Crippen LogP contribution in [0.25, 0.3) is 79.1 Å². The molecule has 0 saturated carbocycles. The van der Waals surface area contributed by atoms with Crippen molar-refractivity contribution in [2.75, 3.05) is 0 Å². The van der Waals surface area contributed by atoms with Crippen LogP contribution in [-0.4, -0.2) is 29.9 Å². The van der Waals surface area contributed by atoms with Gasteiger partial charge in [0.15, 0.2) is 34.9 Å². The highest BCUT2D eigenvalue weighted by Crippen LogP contribution is 2.31.